The topological polar surface area (TPSA) is 71.3 Å². The third kappa shape index (κ3) is 4.46. The highest BCUT2D eigenvalue weighted by atomic mass is 35.5. The van der Waals surface area contributed by atoms with Crippen LogP contribution in [0, 0.1) is 0 Å². The van der Waals surface area contributed by atoms with E-state index in [4.69, 9.17) is 34.8 Å². The summed E-state index contributed by atoms with van der Waals surface area (Å²) in [5, 5.41) is 5.61. The second-order valence-corrected chi connectivity index (χ2v) is 9.37. The fraction of sp³-hybridized carbons (Fsp3) is 0.273. The number of halogens is 3. The van der Waals surface area contributed by atoms with Crippen LogP contribution in [-0.2, 0) is 0 Å². The van der Waals surface area contributed by atoms with E-state index in [0.29, 0.717) is 46.0 Å². The molecule has 0 radical (unpaired) electrons. The van der Waals surface area contributed by atoms with Gasteiger partial charge in [-0.25, -0.2) is 9.67 Å². The van der Waals surface area contributed by atoms with E-state index in [-0.39, 0.29) is 17.6 Å². The van der Waals surface area contributed by atoms with Crippen molar-refractivity contribution in [3.05, 3.63) is 75.2 Å². The van der Waals surface area contributed by atoms with Crippen molar-refractivity contribution in [1.29, 1.82) is 0 Å². The van der Waals surface area contributed by atoms with E-state index in [1.165, 1.54) is 11.0 Å². The van der Waals surface area contributed by atoms with E-state index in [0.717, 1.165) is 0 Å². The molecule has 1 fully saturated rings. The van der Waals surface area contributed by atoms with Crippen LogP contribution in [0.25, 0.3) is 5.69 Å². The highest BCUT2D eigenvalue weighted by Gasteiger charge is 2.40. The molecular weight excluding hydrogens is 473 g/mol. The van der Waals surface area contributed by atoms with Gasteiger partial charge in [0.25, 0.3) is 11.8 Å². The van der Waals surface area contributed by atoms with Crippen LogP contribution in [0.3, 0.4) is 0 Å². The Kier molecular flexibility index (Phi) is 6.16. The number of carbonyl (C=O) groups excluding carboxylic acids is 2. The van der Waals surface area contributed by atoms with E-state index in [1.54, 1.807) is 46.2 Å². The molecule has 166 valence electrons. The van der Waals surface area contributed by atoms with E-state index in [9.17, 15) is 9.59 Å². The molecule has 1 aromatic heterocycles. The molecule has 2 amide bonds. The number of amides is 2. The van der Waals surface area contributed by atoms with Gasteiger partial charge in [-0.05, 0) is 50.2 Å². The summed E-state index contributed by atoms with van der Waals surface area (Å²) in [6.45, 7) is 4.90. The molecule has 3 aromatic rings. The zero-order valence-corrected chi connectivity index (χ0v) is 19.7. The highest BCUT2D eigenvalue weighted by molar-refractivity contribution is 6.42. The van der Waals surface area contributed by atoms with Crippen molar-refractivity contribution in [1.82, 2.24) is 24.6 Å². The van der Waals surface area contributed by atoms with Gasteiger partial charge in [-0.15, -0.1) is 5.10 Å². The Morgan fingerprint density at radius 2 is 1.75 bits per heavy atom. The fourth-order valence-corrected chi connectivity index (χ4v) is 4.22. The molecule has 32 heavy (non-hydrogen) atoms. The van der Waals surface area contributed by atoms with Crippen molar-refractivity contribution in [2.24, 2.45) is 0 Å². The number of benzene rings is 2. The molecule has 0 spiro atoms. The molecule has 4 rings (SSSR count). The third-order valence-corrected chi connectivity index (χ3v) is 6.33. The van der Waals surface area contributed by atoms with Gasteiger partial charge in [0.1, 0.15) is 6.33 Å². The summed E-state index contributed by atoms with van der Waals surface area (Å²) in [6, 6.07) is 11.9. The Bertz CT molecular complexity index is 1190. The van der Waals surface area contributed by atoms with Crippen molar-refractivity contribution >= 4 is 46.6 Å². The summed E-state index contributed by atoms with van der Waals surface area (Å²) in [4.78, 5) is 33.7. The van der Waals surface area contributed by atoms with Gasteiger partial charge in [-0.3, -0.25) is 9.59 Å². The van der Waals surface area contributed by atoms with Gasteiger partial charge in [0.15, 0.2) is 0 Å². The summed E-state index contributed by atoms with van der Waals surface area (Å²) in [5.41, 5.74) is 0.542. The second-order valence-electron chi connectivity index (χ2n) is 8.12. The van der Waals surface area contributed by atoms with Crippen LogP contribution >= 0.6 is 34.8 Å². The van der Waals surface area contributed by atoms with Gasteiger partial charge in [0, 0.05) is 30.2 Å². The molecule has 10 heteroatoms. The van der Waals surface area contributed by atoms with Crippen LogP contribution in [-0.4, -0.2) is 61.6 Å². The van der Waals surface area contributed by atoms with E-state index < -0.39 is 5.54 Å². The Morgan fingerprint density at radius 3 is 2.44 bits per heavy atom. The minimum absolute atomic E-state index is 0.0855. The van der Waals surface area contributed by atoms with Crippen LogP contribution in [0.4, 0.5) is 0 Å². The number of hydrogen-bond donors (Lipinski definition) is 0. The molecule has 0 N–H and O–H groups in total. The molecule has 2 heterocycles. The van der Waals surface area contributed by atoms with Crippen molar-refractivity contribution in [3.63, 3.8) is 0 Å². The van der Waals surface area contributed by atoms with Gasteiger partial charge in [0.2, 0.25) is 5.82 Å². The quantitative estimate of drug-likeness (QED) is 0.535. The standard InChI is InChI=1S/C22H20Cl3N5O2/c1-22(2)12-28(20(31)14-6-7-17(24)18(25)10-14)8-9-29(22)21(32)19-26-13-30(27-19)16-5-3-4-15(23)11-16/h3-7,10-11,13H,8-9,12H2,1-2H3. The lowest BCUT2D eigenvalue weighted by Gasteiger charge is -2.46. The van der Waals surface area contributed by atoms with E-state index >= 15 is 0 Å². The zero-order valence-electron chi connectivity index (χ0n) is 17.4. The highest BCUT2D eigenvalue weighted by Crippen LogP contribution is 2.27. The van der Waals surface area contributed by atoms with Crippen LogP contribution in [0.2, 0.25) is 15.1 Å². The molecule has 0 saturated carbocycles. The first-order valence-electron chi connectivity index (χ1n) is 9.89. The maximum Gasteiger partial charge on any atom is 0.294 e. The molecule has 2 aromatic carbocycles. The molecule has 1 aliphatic heterocycles. The summed E-state index contributed by atoms with van der Waals surface area (Å²) in [7, 11) is 0. The van der Waals surface area contributed by atoms with Gasteiger partial charge in [-0.1, -0.05) is 40.9 Å². The minimum Gasteiger partial charge on any atom is -0.335 e. The smallest absolute Gasteiger partial charge is 0.294 e. The number of piperazine rings is 1. The zero-order chi connectivity index (χ0) is 23.0. The van der Waals surface area contributed by atoms with E-state index in [1.807, 2.05) is 19.9 Å². The maximum atomic E-state index is 13.2. The molecule has 0 atom stereocenters. The SMILES string of the molecule is CC1(C)CN(C(=O)c2ccc(Cl)c(Cl)c2)CCN1C(=O)c1ncn(-c2cccc(Cl)c2)n1. The Hall–Kier alpha value is -2.61. The number of nitrogens with zero attached hydrogens (tertiary/aromatic N) is 5. The van der Waals surface area contributed by atoms with Gasteiger partial charge < -0.3 is 9.80 Å². The first-order valence-corrected chi connectivity index (χ1v) is 11.0. The molecule has 0 unspecified atom stereocenters. The Morgan fingerprint density at radius 1 is 0.969 bits per heavy atom. The molecule has 1 saturated heterocycles. The number of carbonyl (C=O) groups is 2. The largest absolute Gasteiger partial charge is 0.335 e. The fourth-order valence-electron chi connectivity index (χ4n) is 3.74. The number of aromatic nitrogens is 3. The van der Waals surface area contributed by atoms with Crippen LogP contribution < -0.4 is 0 Å². The number of hydrogen-bond acceptors (Lipinski definition) is 4. The Balaban J connectivity index is 1.50. The summed E-state index contributed by atoms with van der Waals surface area (Å²) in [6.07, 6.45) is 1.48. The monoisotopic (exact) mass is 491 g/mol. The van der Waals surface area contributed by atoms with Crippen molar-refractivity contribution in [2.75, 3.05) is 19.6 Å². The molecule has 1 aliphatic rings. The molecule has 0 aliphatic carbocycles. The maximum absolute atomic E-state index is 13.2. The van der Waals surface area contributed by atoms with Crippen molar-refractivity contribution in [2.45, 2.75) is 19.4 Å². The van der Waals surface area contributed by atoms with Gasteiger partial charge in [0.05, 0.1) is 21.3 Å². The summed E-state index contributed by atoms with van der Waals surface area (Å²) in [5.74, 6) is -0.369. The van der Waals surface area contributed by atoms with Gasteiger partial charge >= 0.3 is 0 Å². The molecule has 7 nitrogen and oxygen atoms in total. The first kappa shape index (κ1) is 22.6. The lowest BCUT2D eigenvalue weighted by atomic mass is 9.97. The summed E-state index contributed by atoms with van der Waals surface area (Å²) >= 11 is 18.1. The lowest BCUT2D eigenvalue weighted by molar-refractivity contribution is 0.0160. The lowest BCUT2D eigenvalue weighted by Crippen LogP contribution is -2.62. The van der Waals surface area contributed by atoms with Crippen molar-refractivity contribution < 1.29 is 9.59 Å². The minimum atomic E-state index is -0.622. The van der Waals surface area contributed by atoms with Crippen LogP contribution in [0.1, 0.15) is 34.8 Å². The molecular formula is C22H20Cl3N5O2. The van der Waals surface area contributed by atoms with Crippen LogP contribution in [0.15, 0.2) is 48.8 Å². The van der Waals surface area contributed by atoms with Crippen LogP contribution in [0.5, 0.6) is 0 Å². The Labute approximate surface area is 200 Å². The van der Waals surface area contributed by atoms with Gasteiger partial charge in [-0.2, -0.15) is 0 Å². The predicted molar refractivity (Wildman–Crippen MR) is 124 cm³/mol. The average Bonchev–Trinajstić information content (AvgIpc) is 3.24. The summed E-state index contributed by atoms with van der Waals surface area (Å²) < 4.78 is 1.51. The first-order chi connectivity index (χ1) is 15.2. The predicted octanol–water partition coefficient (Wildman–Crippen LogP) is 4.60. The van der Waals surface area contributed by atoms with Crippen molar-refractivity contribution in [3.8, 4) is 5.69 Å². The molecule has 0 bridgehead atoms. The number of rotatable bonds is 3. The normalized spacial score (nSPS) is 15.7. The third-order valence-electron chi connectivity index (χ3n) is 5.36. The second kappa shape index (κ2) is 8.73. The average molecular weight is 493 g/mol. The van der Waals surface area contributed by atoms with E-state index in [2.05, 4.69) is 10.1 Å².